The number of nitrogens with one attached hydrogen (secondary N) is 1. The number of amides is 3. The third kappa shape index (κ3) is 9.62. The Morgan fingerprint density at radius 1 is 0.803 bits per heavy atom. The highest BCUT2D eigenvalue weighted by atomic mass is 35.5. The zero-order valence-corrected chi connectivity index (χ0v) is 37.6. The molecule has 0 spiro atoms. The number of hydrogen-bond acceptors (Lipinski definition) is 7. The molecule has 0 saturated heterocycles. The molecule has 3 heterocycles. The summed E-state index contributed by atoms with van der Waals surface area (Å²) in [4.78, 5) is 48.0. The van der Waals surface area contributed by atoms with Gasteiger partial charge in [0.25, 0.3) is 27.7 Å². The van der Waals surface area contributed by atoms with Crippen molar-refractivity contribution in [3.05, 3.63) is 139 Å². The Kier molecular flexibility index (Phi) is 13.8. The molecule has 0 radical (unpaired) electrons. The third-order valence-electron chi connectivity index (χ3n) is 11.5. The second-order valence-electron chi connectivity index (χ2n) is 15.6. The Morgan fingerprint density at radius 3 is 2.23 bits per heavy atom. The number of hydrogen-bond donors (Lipinski definition) is 1. The summed E-state index contributed by atoms with van der Waals surface area (Å²) in [6.45, 7) is 9.17. The fourth-order valence-corrected chi connectivity index (χ4v) is 9.48. The first-order valence-corrected chi connectivity index (χ1v) is 23.3. The van der Waals surface area contributed by atoms with Gasteiger partial charge in [-0.1, -0.05) is 91.8 Å². The van der Waals surface area contributed by atoms with Crippen LogP contribution in [0.15, 0.2) is 83.8 Å². The van der Waals surface area contributed by atoms with Gasteiger partial charge in [0.15, 0.2) is 5.69 Å². The number of halogens is 3. The standard InChI is InChI=1S/C46H49Cl3N6O5S/c1-4-6-21-53(22-7-5-2)46(58)43-42(49)30(3)55(50-43)41-16-13-34(28-37(41)45(57)54-25-19-32-10-8-9-11-35(32)29-54)44(56)51-61(59,60)36-14-17-40-33(27-36)20-24-52(40)23-18-31-12-15-38(47)39(48)26-31/h8-17,26-28H,4-7,18-25,29H2,1-3H3,(H,51,56). The van der Waals surface area contributed by atoms with Gasteiger partial charge in [0.05, 0.1) is 36.9 Å². The smallest absolute Gasteiger partial charge is 0.275 e. The number of benzene rings is 4. The van der Waals surface area contributed by atoms with Crippen LogP contribution in [0.5, 0.6) is 0 Å². The Hall–Kier alpha value is -4.88. The van der Waals surface area contributed by atoms with Gasteiger partial charge in [-0.25, -0.2) is 17.8 Å². The largest absolute Gasteiger partial charge is 0.371 e. The van der Waals surface area contributed by atoms with Gasteiger partial charge in [-0.3, -0.25) is 14.4 Å². The molecule has 15 heteroatoms. The molecule has 0 saturated carbocycles. The van der Waals surface area contributed by atoms with Crippen LogP contribution in [0.1, 0.15) is 98.7 Å². The molecule has 0 aliphatic carbocycles. The lowest BCUT2D eigenvalue weighted by Crippen LogP contribution is -2.37. The molecule has 0 atom stereocenters. The van der Waals surface area contributed by atoms with E-state index in [9.17, 15) is 22.8 Å². The number of sulfonamides is 1. The van der Waals surface area contributed by atoms with Crippen LogP contribution in [0.2, 0.25) is 15.1 Å². The van der Waals surface area contributed by atoms with Crippen LogP contribution < -0.4 is 9.62 Å². The van der Waals surface area contributed by atoms with Gasteiger partial charge in [-0.05, 0) is 110 Å². The highest BCUT2D eigenvalue weighted by Crippen LogP contribution is 2.32. The van der Waals surface area contributed by atoms with Crippen LogP contribution in [0.25, 0.3) is 5.69 Å². The Bertz CT molecular complexity index is 2590. The highest BCUT2D eigenvalue weighted by Gasteiger charge is 2.30. The summed E-state index contributed by atoms with van der Waals surface area (Å²) in [5, 5.41) is 5.86. The van der Waals surface area contributed by atoms with Crippen LogP contribution in [0, 0.1) is 6.92 Å². The average Bonchev–Trinajstić information content (AvgIpc) is 3.81. The number of fused-ring (bicyclic) bond motifs is 2. The molecule has 7 rings (SSSR count). The maximum atomic E-state index is 14.6. The van der Waals surface area contributed by atoms with E-state index in [1.807, 2.05) is 36.4 Å². The minimum atomic E-state index is -4.32. The number of aromatic nitrogens is 2. The van der Waals surface area contributed by atoms with Crippen molar-refractivity contribution in [2.45, 2.75) is 77.2 Å². The molecule has 4 aromatic carbocycles. The van der Waals surface area contributed by atoms with Crippen molar-refractivity contribution >= 4 is 68.2 Å². The van der Waals surface area contributed by atoms with Crippen molar-refractivity contribution in [3.63, 3.8) is 0 Å². The van der Waals surface area contributed by atoms with Gasteiger partial charge in [-0.2, -0.15) is 5.10 Å². The summed E-state index contributed by atoms with van der Waals surface area (Å²) in [7, 11) is -4.32. The Balaban J connectivity index is 1.16. The zero-order chi connectivity index (χ0) is 43.4. The zero-order valence-electron chi connectivity index (χ0n) is 34.5. The first-order valence-electron chi connectivity index (χ1n) is 20.7. The Labute approximate surface area is 372 Å². The molecule has 320 valence electrons. The molecule has 0 bridgehead atoms. The maximum Gasteiger partial charge on any atom is 0.275 e. The fraction of sp³-hybridized carbons (Fsp3) is 0.348. The topological polar surface area (TPSA) is 125 Å². The number of nitrogens with zero attached hydrogens (tertiary/aromatic N) is 5. The van der Waals surface area contributed by atoms with Crippen molar-refractivity contribution in [2.24, 2.45) is 0 Å². The lowest BCUT2D eigenvalue weighted by molar-refractivity contribution is 0.0732. The summed E-state index contributed by atoms with van der Waals surface area (Å²) in [5.41, 5.74) is 5.88. The van der Waals surface area contributed by atoms with Gasteiger partial charge < -0.3 is 14.7 Å². The quantitative estimate of drug-likeness (QED) is 0.111. The third-order valence-corrected chi connectivity index (χ3v) is 14.0. The lowest BCUT2D eigenvalue weighted by atomic mass is 9.98. The van der Waals surface area contributed by atoms with Crippen molar-refractivity contribution in [2.75, 3.05) is 37.6 Å². The van der Waals surface area contributed by atoms with E-state index in [-0.39, 0.29) is 38.6 Å². The fourth-order valence-electron chi connectivity index (χ4n) is 7.93. The van der Waals surface area contributed by atoms with Crippen LogP contribution in [-0.2, 0) is 35.8 Å². The van der Waals surface area contributed by atoms with E-state index < -0.39 is 15.9 Å². The van der Waals surface area contributed by atoms with E-state index in [2.05, 4.69) is 23.5 Å². The molecule has 0 fully saturated rings. The second-order valence-corrected chi connectivity index (χ2v) is 18.5. The molecule has 2 aliphatic heterocycles. The molecule has 11 nitrogen and oxygen atoms in total. The minimum absolute atomic E-state index is 0.0414. The summed E-state index contributed by atoms with van der Waals surface area (Å²) in [6, 6.07) is 22.7. The number of carbonyl (C=O) groups excluding carboxylic acids is 3. The van der Waals surface area contributed by atoms with Crippen molar-refractivity contribution < 1.29 is 22.8 Å². The summed E-state index contributed by atoms with van der Waals surface area (Å²) in [6.07, 6.45) is 5.50. The Morgan fingerprint density at radius 2 is 1.51 bits per heavy atom. The first-order chi connectivity index (χ1) is 29.3. The van der Waals surface area contributed by atoms with Crippen LogP contribution in [0.4, 0.5) is 5.69 Å². The number of anilines is 1. The second kappa shape index (κ2) is 19.0. The van der Waals surface area contributed by atoms with Gasteiger partial charge in [-0.15, -0.1) is 0 Å². The molecule has 3 amide bonds. The highest BCUT2D eigenvalue weighted by molar-refractivity contribution is 7.90. The molecule has 5 aromatic rings. The van der Waals surface area contributed by atoms with Crippen LogP contribution >= 0.6 is 34.8 Å². The molecular formula is C46H49Cl3N6O5S. The summed E-state index contributed by atoms with van der Waals surface area (Å²) >= 11 is 19.1. The SMILES string of the molecule is CCCCN(CCCC)C(=O)c1nn(-c2ccc(C(=O)NS(=O)(=O)c3ccc4c(c3)CCN4CCc3ccc(Cl)c(Cl)c3)cc2C(=O)N2CCc3ccccc3C2)c(C)c1Cl. The first kappa shape index (κ1) is 44.2. The van der Waals surface area contributed by atoms with Gasteiger partial charge in [0, 0.05) is 50.5 Å². The minimum Gasteiger partial charge on any atom is -0.371 e. The van der Waals surface area contributed by atoms with Crippen LogP contribution in [-0.4, -0.2) is 78.4 Å². The van der Waals surface area contributed by atoms with Crippen molar-refractivity contribution in [1.29, 1.82) is 0 Å². The van der Waals surface area contributed by atoms with Gasteiger partial charge in [0.1, 0.15) is 0 Å². The molecule has 1 N–H and O–H groups in total. The lowest BCUT2D eigenvalue weighted by Gasteiger charge is -2.29. The van der Waals surface area contributed by atoms with Crippen molar-refractivity contribution in [3.8, 4) is 5.69 Å². The predicted octanol–water partition coefficient (Wildman–Crippen LogP) is 9.11. The molecule has 1 aromatic heterocycles. The molecular weight excluding hydrogens is 855 g/mol. The van der Waals surface area contributed by atoms with E-state index >= 15 is 0 Å². The molecule has 61 heavy (non-hydrogen) atoms. The van der Waals surface area contributed by atoms with Gasteiger partial charge in [0.2, 0.25) is 0 Å². The van der Waals surface area contributed by atoms with Crippen molar-refractivity contribution in [1.82, 2.24) is 24.3 Å². The van der Waals surface area contributed by atoms with E-state index in [1.165, 1.54) is 22.9 Å². The van der Waals surface area contributed by atoms with Crippen LogP contribution in [0.3, 0.4) is 0 Å². The monoisotopic (exact) mass is 902 g/mol. The number of rotatable bonds is 15. The maximum absolute atomic E-state index is 14.6. The normalized spacial score (nSPS) is 13.5. The van der Waals surface area contributed by atoms with Gasteiger partial charge >= 0.3 is 0 Å². The number of carbonyl (C=O) groups is 3. The molecule has 2 aliphatic rings. The summed E-state index contributed by atoms with van der Waals surface area (Å²) < 4.78 is 31.2. The number of unbranched alkanes of at least 4 members (excludes halogenated alkanes) is 2. The average molecular weight is 904 g/mol. The van der Waals surface area contributed by atoms with E-state index in [1.54, 1.807) is 41.0 Å². The predicted molar refractivity (Wildman–Crippen MR) is 241 cm³/mol. The molecule has 0 unspecified atom stereocenters. The summed E-state index contributed by atoms with van der Waals surface area (Å²) in [5.74, 6) is -1.57. The van der Waals surface area contributed by atoms with E-state index in [4.69, 9.17) is 39.9 Å². The van der Waals surface area contributed by atoms with E-state index in [0.717, 1.165) is 60.0 Å². The van der Waals surface area contributed by atoms with E-state index in [0.29, 0.717) is 73.5 Å².